The molecule has 0 spiro atoms. The highest BCUT2D eigenvalue weighted by atomic mass is 32.2. The predicted molar refractivity (Wildman–Crippen MR) is 98.6 cm³/mol. The molecule has 0 aliphatic rings. The molecule has 0 amide bonds. The molecule has 4 N–H and O–H groups in total. The molecule has 0 saturated carbocycles. The summed E-state index contributed by atoms with van der Waals surface area (Å²) in [5.41, 5.74) is 6.47. The monoisotopic (exact) mass is 407 g/mol. The molecule has 3 aromatic rings. The lowest BCUT2D eigenvalue weighted by atomic mass is 10.1. The van der Waals surface area contributed by atoms with Gasteiger partial charge in [-0.15, -0.1) is 0 Å². The van der Waals surface area contributed by atoms with Gasteiger partial charge in [0.25, 0.3) is 20.2 Å². The van der Waals surface area contributed by atoms with Crippen molar-refractivity contribution in [2.45, 2.75) is 9.79 Å². The first kappa shape index (κ1) is 18.9. The van der Waals surface area contributed by atoms with Crippen LogP contribution in [0.4, 0.5) is 17.1 Å². The van der Waals surface area contributed by atoms with E-state index >= 15 is 0 Å². The van der Waals surface area contributed by atoms with Crippen molar-refractivity contribution in [2.24, 2.45) is 10.2 Å². The lowest BCUT2D eigenvalue weighted by molar-refractivity contribution is 0.481. The molecule has 0 heterocycles. The first-order valence-electron chi connectivity index (χ1n) is 7.35. The average Bonchev–Trinajstić information content (AvgIpc) is 2.58. The molecule has 3 aromatic carbocycles. The van der Waals surface area contributed by atoms with Gasteiger partial charge in [0.2, 0.25) is 0 Å². The van der Waals surface area contributed by atoms with Gasteiger partial charge in [-0.25, -0.2) is 0 Å². The first-order valence-corrected chi connectivity index (χ1v) is 10.2. The summed E-state index contributed by atoms with van der Waals surface area (Å²) in [6.07, 6.45) is 0. The van der Waals surface area contributed by atoms with Crippen molar-refractivity contribution < 1.29 is 25.9 Å². The van der Waals surface area contributed by atoms with Gasteiger partial charge in [-0.3, -0.25) is 9.11 Å². The van der Waals surface area contributed by atoms with Crippen LogP contribution in [0.3, 0.4) is 0 Å². The number of anilines is 1. The number of nitrogens with zero attached hydrogens (tertiary/aromatic N) is 2. The summed E-state index contributed by atoms with van der Waals surface area (Å²) >= 11 is 0. The third-order valence-electron chi connectivity index (χ3n) is 3.63. The third-order valence-corrected chi connectivity index (χ3v) is 5.44. The topological polar surface area (TPSA) is 159 Å². The Morgan fingerprint density at radius 2 is 1.30 bits per heavy atom. The fourth-order valence-corrected chi connectivity index (χ4v) is 3.88. The second kappa shape index (κ2) is 6.70. The minimum Gasteiger partial charge on any atom is -0.399 e. The van der Waals surface area contributed by atoms with Gasteiger partial charge in [-0.1, -0.05) is 12.1 Å². The standard InChI is InChI=1S/C16H13N3O6S2/c17-10-4-6-11(7-5-10)18-19-12-8-14-13(16(9-12)27(23,24)25)2-1-3-15(14)26(20,21)22/h1-9H,17H2,(H,20,21,22)(H,23,24,25)/b19-18+. The number of fused-ring (bicyclic) bond motifs is 1. The molecule has 0 unspecified atom stereocenters. The number of rotatable bonds is 4. The van der Waals surface area contributed by atoms with E-state index in [1.54, 1.807) is 24.3 Å². The highest BCUT2D eigenvalue weighted by Crippen LogP contribution is 2.33. The van der Waals surface area contributed by atoms with E-state index in [1.165, 1.54) is 18.2 Å². The van der Waals surface area contributed by atoms with Crippen LogP contribution in [0.1, 0.15) is 0 Å². The van der Waals surface area contributed by atoms with Crippen molar-refractivity contribution >= 4 is 48.1 Å². The molecule has 0 radical (unpaired) electrons. The lowest BCUT2D eigenvalue weighted by Gasteiger charge is -2.08. The van der Waals surface area contributed by atoms with E-state index in [4.69, 9.17) is 5.73 Å². The van der Waals surface area contributed by atoms with Gasteiger partial charge in [-0.2, -0.15) is 27.1 Å². The number of benzene rings is 3. The van der Waals surface area contributed by atoms with Gasteiger partial charge in [0, 0.05) is 16.5 Å². The first-order chi connectivity index (χ1) is 12.6. The summed E-state index contributed by atoms with van der Waals surface area (Å²) < 4.78 is 65.6. The Bertz CT molecular complexity index is 1270. The van der Waals surface area contributed by atoms with E-state index in [9.17, 15) is 25.9 Å². The smallest absolute Gasteiger partial charge is 0.295 e. The van der Waals surface area contributed by atoms with Crippen LogP contribution in [0.5, 0.6) is 0 Å². The molecule has 140 valence electrons. The summed E-state index contributed by atoms with van der Waals surface area (Å²) in [5, 5.41) is 7.60. The van der Waals surface area contributed by atoms with Crippen molar-refractivity contribution in [2.75, 3.05) is 5.73 Å². The molecule has 3 rings (SSSR count). The molecule has 0 aliphatic carbocycles. The van der Waals surface area contributed by atoms with E-state index in [0.717, 1.165) is 12.1 Å². The molecule has 0 fully saturated rings. The van der Waals surface area contributed by atoms with Crippen LogP contribution in [0.25, 0.3) is 10.8 Å². The fraction of sp³-hybridized carbons (Fsp3) is 0. The molecule has 0 aromatic heterocycles. The molecule has 0 saturated heterocycles. The second-order valence-corrected chi connectivity index (χ2v) is 8.32. The number of nitrogens with two attached hydrogens (primary N) is 1. The summed E-state index contributed by atoms with van der Waals surface area (Å²) in [5.74, 6) is 0. The van der Waals surface area contributed by atoms with Crippen molar-refractivity contribution in [3.05, 3.63) is 54.6 Å². The minimum atomic E-state index is -4.70. The van der Waals surface area contributed by atoms with E-state index < -0.39 is 30.0 Å². The van der Waals surface area contributed by atoms with Crippen LogP contribution in [0.2, 0.25) is 0 Å². The van der Waals surface area contributed by atoms with Crippen molar-refractivity contribution in [1.82, 2.24) is 0 Å². The van der Waals surface area contributed by atoms with E-state index in [1.807, 2.05) is 0 Å². The summed E-state index contributed by atoms with van der Waals surface area (Å²) in [7, 11) is -9.34. The Morgan fingerprint density at radius 1 is 0.704 bits per heavy atom. The Hall–Kier alpha value is -2.86. The Balaban J connectivity index is 2.26. The summed E-state index contributed by atoms with van der Waals surface area (Å²) in [6.45, 7) is 0. The highest BCUT2D eigenvalue weighted by Gasteiger charge is 2.21. The maximum atomic E-state index is 11.7. The Kier molecular flexibility index (Phi) is 4.70. The van der Waals surface area contributed by atoms with Crippen LogP contribution >= 0.6 is 0 Å². The van der Waals surface area contributed by atoms with Gasteiger partial charge < -0.3 is 5.73 Å². The maximum absolute atomic E-state index is 11.7. The molecule has 0 atom stereocenters. The average molecular weight is 407 g/mol. The number of hydrogen-bond acceptors (Lipinski definition) is 7. The number of azo groups is 1. The zero-order chi connectivity index (χ0) is 19.8. The quantitative estimate of drug-likeness (QED) is 0.339. The van der Waals surface area contributed by atoms with Crippen molar-refractivity contribution in [3.8, 4) is 0 Å². The fourth-order valence-electron chi connectivity index (χ4n) is 2.46. The minimum absolute atomic E-state index is 0.0388. The molecule has 11 heteroatoms. The normalized spacial score (nSPS) is 12.7. The summed E-state index contributed by atoms with van der Waals surface area (Å²) in [4.78, 5) is -1.08. The van der Waals surface area contributed by atoms with E-state index in [2.05, 4.69) is 10.2 Å². The predicted octanol–water partition coefficient (Wildman–Crippen LogP) is 3.33. The lowest BCUT2D eigenvalue weighted by Crippen LogP contribution is -2.03. The molecule has 0 aliphatic heterocycles. The molecule has 27 heavy (non-hydrogen) atoms. The molecule has 9 nitrogen and oxygen atoms in total. The largest absolute Gasteiger partial charge is 0.399 e. The Morgan fingerprint density at radius 3 is 1.89 bits per heavy atom. The van der Waals surface area contributed by atoms with Crippen LogP contribution in [-0.4, -0.2) is 25.9 Å². The van der Waals surface area contributed by atoms with Gasteiger partial charge in [0.1, 0.15) is 9.79 Å². The van der Waals surface area contributed by atoms with Crippen LogP contribution < -0.4 is 5.73 Å². The van der Waals surface area contributed by atoms with E-state index in [0.29, 0.717) is 11.4 Å². The van der Waals surface area contributed by atoms with Crippen LogP contribution in [-0.2, 0) is 20.2 Å². The van der Waals surface area contributed by atoms with Crippen LogP contribution in [0.15, 0.2) is 74.6 Å². The number of nitrogen functional groups attached to an aromatic ring is 1. The highest BCUT2D eigenvalue weighted by molar-refractivity contribution is 7.86. The SMILES string of the molecule is Nc1ccc(/N=N/c2cc(S(=O)(=O)O)c3cccc(S(=O)(=O)O)c3c2)cc1. The number of hydrogen-bond donors (Lipinski definition) is 3. The van der Waals surface area contributed by atoms with Crippen LogP contribution in [0, 0.1) is 0 Å². The zero-order valence-corrected chi connectivity index (χ0v) is 15.1. The third kappa shape index (κ3) is 4.11. The second-order valence-electron chi connectivity index (χ2n) is 5.54. The van der Waals surface area contributed by atoms with Gasteiger partial charge >= 0.3 is 0 Å². The molecular formula is C16H13N3O6S2. The maximum Gasteiger partial charge on any atom is 0.295 e. The zero-order valence-electron chi connectivity index (χ0n) is 13.5. The van der Waals surface area contributed by atoms with E-state index in [-0.39, 0.29) is 16.5 Å². The summed E-state index contributed by atoms with van der Waals surface area (Å²) in [6, 6.07) is 12.3. The molecule has 0 bridgehead atoms. The van der Waals surface area contributed by atoms with Crippen molar-refractivity contribution in [3.63, 3.8) is 0 Å². The van der Waals surface area contributed by atoms with Gasteiger partial charge in [0.05, 0.1) is 11.4 Å². The molecular weight excluding hydrogens is 394 g/mol. The van der Waals surface area contributed by atoms with Gasteiger partial charge in [-0.05, 0) is 42.5 Å². The van der Waals surface area contributed by atoms with Crippen molar-refractivity contribution in [1.29, 1.82) is 0 Å². The van der Waals surface area contributed by atoms with Gasteiger partial charge in [0.15, 0.2) is 0 Å². The Labute approximate surface area is 154 Å².